The highest BCUT2D eigenvalue weighted by atomic mass is 15.1. The Morgan fingerprint density at radius 1 is 0.880 bits per heavy atom. The van der Waals surface area contributed by atoms with Crippen molar-refractivity contribution < 1.29 is 0 Å². The maximum atomic E-state index is 2.44. The van der Waals surface area contributed by atoms with E-state index in [1.54, 1.807) is 44.1 Å². The molecule has 0 spiro atoms. The zero-order valence-electron chi connectivity index (χ0n) is 16.2. The van der Waals surface area contributed by atoms with E-state index in [0.29, 0.717) is 5.41 Å². The van der Waals surface area contributed by atoms with Crippen molar-refractivity contribution in [2.75, 3.05) is 20.6 Å². The standard InChI is InChI=1S/C24H35N/c1-25(2)16-21-8-9-22(23(21)20-6-4-3-5-7-20)24-13-17-10-18(14-24)12-19(11-17)15-24/h3-7,17-19,21-23H,8-16H2,1-2H3/t17?,18?,19?,21-,22?,23+,24?/m1/s1. The van der Waals surface area contributed by atoms with Crippen LogP contribution in [0.15, 0.2) is 30.3 Å². The van der Waals surface area contributed by atoms with E-state index >= 15 is 0 Å². The predicted molar refractivity (Wildman–Crippen MR) is 105 cm³/mol. The molecule has 0 N–H and O–H groups in total. The summed E-state index contributed by atoms with van der Waals surface area (Å²) in [5.41, 5.74) is 2.35. The van der Waals surface area contributed by atoms with Gasteiger partial charge in [-0.2, -0.15) is 0 Å². The lowest BCUT2D eigenvalue weighted by atomic mass is 9.45. The summed E-state index contributed by atoms with van der Waals surface area (Å²) < 4.78 is 0. The van der Waals surface area contributed by atoms with E-state index in [-0.39, 0.29) is 0 Å². The molecule has 25 heavy (non-hydrogen) atoms. The number of rotatable bonds is 4. The van der Waals surface area contributed by atoms with Crippen molar-refractivity contribution in [2.45, 2.75) is 57.3 Å². The lowest BCUT2D eigenvalue weighted by Crippen LogP contribution is -2.50. The lowest BCUT2D eigenvalue weighted by molar-refractivity contribution is -0.0909. The van der Waals surface area contributed by atoms with E-state index in [9.17, 15) is 0 Å². The fraction of sp³-hybridized carbons (Fsp3) is 0.750. The van der Waals surface area contributed by atoms with Crippen molar-refractivity contribution in [1.29, 1.82) is 0 Å². The van der Waals surface area contributed by atoms with Gasteiger partial charge in [0.1, 0.15) is 0 Å². The van der Waals surface area contributed by atoms with Crippen molar-refractivity contribution in [3.63, 3.8) is 0 Å². The second-order valence-electron chi connectivity index (χ2n) is 10.4. The topological polar surface area (TPSA) is 3.24 Å². The van der Waals surface area contributed by atoms with Crippen LogP contribution in [0.3, 0.4) is 0 Å². The molecule has 5 aliphatic rings. The zero-order valence-corrected chi connectivity index (χ0v) is 16.2. The van der Waals surface area contributed by atoms with Crippen LogP contribution in [0, 0.1) is 35.0 Å². The summed E-state index contributed by atoms with van der Waals surface area (Å²) in [7, 11) is 4.53. The van der Waals surface area contributed by atoms with Crippen LogP contribution in [0.1, 0.15) is 62.8 Å². The van der Waals surface area contributed by atoms with Crippen LogP contribution in [-0.2, 0) is 0 Å². The maximum absolute atomic E-state index is 2.44. The molecule has 5 saturated carbocycles. The normalized spacial score (nSPS) is 45.4. The quantitative estimate of drug-likeness (QED) is 0.694. The first-order valence-corrected chi connectivity index (χ1v) is 10.8. The summed E-state index contributed by atoms with van der Waals surface area (Å²) in [6.07, 6.45) is 12.4. The van der Waals surface area contributed by atoms with Crippen LogP contribution in [0.5, 0.6) is 0 Å². The Labute approximate surface area is 154 Å². The summed E-state index contributed by atoms with van der Waals surface area (Å²) in [6, 6.07) is 11.6. The second kappa shape index (κ2) is 6.12. The van der Waals surface area contributed by atoms with Gasteiger partial charge in [-0.15, -0.1) is 0 Å². The van der Waals surface area contributed by atoms with E-state index in [1.165, 1.54) is 19.4 Å². The Kier molecular flexibility index (Phi) is 4.00. The highest BCUT2D eigenvalue weighted by Crippen LogP contribution is 2.67. The molecule has 1 aromatic carbocycles. The van der Waals surface area contributed by atoms with E-state index in [4.69, 9.17) is 0 Å². The van der Waals surface area contributed by atoms with Gasteiger partial charge in [-0.25, -0.2) is 0 Å². The van der Waals surface area contributed by atoms with Gasteiger partial charge in [-0.1, -0.05) is 30.3 Å². The molecular weight excluding hydrogens is 302 g/mol. The monoisotopic (exact) mass is 337 g/mol. The van der Waals surface area contributed by atoms with Gasteiger partial charge >= 0.3 is 0 Å². The predicted octanol–water partition coefficient (Wildman–Crippen LogP) is 5.57. The van der Waals surface area contributed by atoms with Gasteiger partial charge in [0.05, 0.1) is 0 Å². The Morgan fingerprint density at radius 3 is 2.04 bits per heavy atom. The van der Waals surface area contributed by atoms with Gasteiger partial charge in [0.25, 0.3) is 0 Å². The van der Waals surface area contributed by atoms with Crippen LogP contribution in [0.4, 0.5) is 0 Å². The summed E-state index contributed by atoms with van der Waals surface area (Å²) in [5.74, 6) is 5.85. The van der Waals surface area contributed by atoms with Gasteiger partial charge in [-0.3, -0.25) is 0 Å². The highest BCUT2D eigenvalue weighted by Gasteiger charge is 2.57. The molecule has 5 aliphatic carbocycles. The average molecular weight is 338 g/mol. The number of benzene rings is 1. The van der Waals surface area contributed by atoms with E-state index in [0.717, 1.165) is 35.5 Å². The fourth-order valence-electron chi connectivity index (χ4n) is 8.25. The van der Waals surface area contributed by atoms with E-state index in [2.05, 4.69) is 49.3 Å². The third kappa shape index (κ3) is 2.78. The average Bonchev–Trinajstić information content (AvgIpc) is 2.98. The van der Waals surface area contributed by atoms with Crippen LogP contribution in [0.25, 0.3) is 0 Å². The van der Waals surface area contributed by atoms with Gasteiger partial charge in [0.2, 0.25) is 0 Å². The minimum absolute atomic E-state index is 0.705. The van der Waals surface area contributed by atoms with Crippen molar-refractivity contribution in [2.24, 2.45) is 35.0 Å². The van der Waals surface area contributed by atoms with Gasteiger partial charge in [-0.05, 0) is 112 Å². The smallest absolute Gasteiger partial charge is 0.000951 e. The van der Waals surface area contributed by atoms with Gasteiger partial charge < -0.3 is 4.90 Å². The summed E-state index contributed by atoms with van der Waals surface area (Å²) in [4.78, 5) is 2.43. The highest BCUT2D eigenvalue weighted by molar-refractivity contribution is 5.25. The third-order valence-electron chi connectivity index (χ3n) is 8.45. The summed E-state index contributed by atoms with van der Waals surface area (Å²) in [6.45, 7) is 1.27. The molecule has 136 valence electrons. The Morgan fingerprint density at radius 2 is 1.48 bits per heavy atom. The van der Waals surface area contributed by atoms with Crippen LogP contribution in [-0.4, -0.2) is 25.5 Å². The zero-order chi connectivity index (χ0) is 17.0. The number of hydrogen-bond donors (Lipinski definition) is 0. The molecule has 5 fully saturated rings. The molecule has 6 rings (SSSR count). The van der Waals surface area contributed by atoms with Gasteiger partial charge in [0, 0.05) is 6.54 Å². The SMILES string of the molecule is CN(C)C[C@H]1CCC(C23CC4CC(CC(C4)C2)C3)[C@H]1c1ccccc1. The lowest BCUT2D eigenvalue weighted by Gasteiger charge is -2.60. The van der Waals surface area contributed by atoms with Crippen LogP contribution in [0.2, 0.25) is 0 Å². The molecule has 1 heteroatoms. The molecule has 1 nitrogen and oxygen atoms in total. The molecule has 1 aromatic rings. The molecule has 1 unspecified atom stereocenters. The number of nitrogens with zero attached hydrogens (tertiary/aromatic N) is 1. The Balaban J connectivity index is 1.49. The molecule has 4 bridgehead atoms. The molecular formula is C24H35N. The van der Waals surface area contributed by atoms with Crippen molar-refractivity contribution in [3.05, 3.63) is 35.9 Å². The first-order valence-electron chi connectivity index (χ1n) is 10.8. The largest absolute Gasteiger partial charge is 0.309 e. The molecule has 0 aromatic heterocycles. The fourth-order valence-corrected chi connectivity index (χ4v) is 8.25. The van der Waals surface area contributed by atoms with Crippen molar-refractivity contribution >= 4 is 0 Å². The molecule has 0 saturated heterocycles. The van der Waals surface area contributed by atoms with E-state index < -0.39 is 0 Å². The Bertz CT molecular complexity index is 568. The summed E-state index contributed by atoms with van der Waals surface area (Å²) in [5, 5.41) is 0. The minimum Gasteiger partial charge on any atom is -0.309 e. The minimum atomic E-state index is 0.705. The first-order chi connectivity index (χ1) is 12.1. The number of hydrogen-bond acceptors (Lipinski definition) is 1. The Hall–Kier alpha value is -0.820. The van der Waals surface area contributed by atoms with Crippen molar-refractivity contribution in [3.8, 4) is 0 Å². The molecule has 0 aliphatic heterocycles. The maximum Gasteiger partial charge on any atom is 0.000951 e. The molecule has 0 heterocycles. The summed E-state index contributed by atoms with van der Waals surface area (Å²) >= 11 is 0. The second-order valence-corrected chi connectivity index (χ2v) is 10.4. The first kappa shape index (κ1) is 16.4. The van der Waals surface area contributed by atoms with E-state index in [1.807, 2.05) is 0 Å². The molecule has 3 atom stereocenters. The molecule has 0 radical (unpaired) electrons. The third-order valence-corrected chi connectivity index (χ3v) is 8.45. The van der Waals surface area contributed by atoms with Gasteiger partial charge in [0.15, 0.2) is 0 Å². The van der Waals surface area contributed by atoms with Crippen molar-refractivity contribution in [1.82, 2.24) is 4.90 Å². The van der Waals surface area contributed by atoms with Crippen LogP contribution < -0.4 is 0 Å². The van der Waals surface area contributed by atoms with Crippen LogP contribution >= 0.6 is 0 Å². The molecule has 0 amide bonds.